The molecule has 0 atom stereocenters. The second-order valence-electron chi connectivity index (χ2n) is 4.06. The minimum atomic E-state index is -0.436. The third kappa shape index (κ3) is 3.30. The lowest BCUT2D eigenvalue weighted by Gasteiger charge is -2.08. The van der Waals surface area contributed by atoms with Crippen molar-refractivity contribution in [2.45, 2.75) is 13.2 Å². The van der Waals surface area contributed by atoms with Gasteiger partial charge in [-0.2, -0.15) is 5.26 Å². The summed E-state index contributed by atoms with van der Waals surface area (Å²) in [5.41, 5.74) is 7.20. The van der Waals surface area contributed by atoms with Crippen LogP contribution in [0, 0.1) is 17.1 Å². The van der Waals surface area contributed by atoms with E-state index in [-0.39, 0.29) is 6.61 Å². The predicted molar refractivity (Wildman–Crippen MR) is 69.8 cm³/mol. The van der Waals surface area contributed by atoms with Gasteiger partial charge in [0.25, 0.3) is 0 Å². The molecule has 0 heterocycles. The van der Waals surface area contributed by atoms with Crippen molar-refractivity contribution >= 4 is 0 Å². The number of nitrogens with two attached hydrogens (primary N) is 1. The van der Waals surface area contributed by atoms with Crippen LogP contribution in [0.3, 0.4) is 0 Å². The monoisotopic (exact) mass is 256 g/mol. The van der Waals surface area contributed by atoms with Crippen LogP contribution in [0.2, 0.25) is 0 Å². The van der Waals surface area contributed by atoms with Gasteiger partial charge >= 0.3 is 0 Å². The Hall–Kier alpha value is -2.38. The molecule has 0 fully saturated rings. The summed E-state index contributed by atoms with van der Waals surface area (Å²) in [7, 11) is 0. The molecule has 0 spiro atoms. The van der Waals surface area contributed by atoms with E-state index < -0.39 is 5.82 Å². The molecule has 0 aliphatic heterocycles. The summed E-state index contributed by atoms with van der Waals surface area (Å²) >= 11 is 0. The van der Waals surface area contributed by atoms with Crippen LogP contribution in [0.5, 0.6) is 5.75 Å². The fourth-order valence-electron chi connectivity index (χ4n) is 1.66. The van der Waals surface area contributed by atoms with E-state index in [0.717, 1.165) is 5.56 Å². The van der Waals surface area contributed by atoms with Gasteiger partial charge in [0.1, 0.15) is 18.2 Å². The van der Waals surface area contributed by atoms with Crippen molar-refractivity contribution in [1.82, 2.24) is 0 Å². The lowest BCUT2D eigenvalue weighted by molar-refractivity contribution is 0.299. The minimum absolute atomic E-state index is 0.117. The highest BCUT2D eigenvalue weighted by atomic mass is 19.1. The summed E-state index contributed by atoms with van der Waals surface area (Å²) < 4.78 is 19.1. The molecular weight excluding hydrogens is 243 g/mol. The third-order valence-corrected chi connectivity index (χ3v) is 2.71. The van der Waals surface area contributed by atoms with E-state index in [0.29, 0.717) is 23.4 Å². The number of benzene rings is 2. The van der Waals surface area contributed by atoms with Crippen LogP contribution in [-0.4, -0.2) is 0 Å². The van der Waals surface area contributed by atoms with Gasteiger partial charge in [-0.05, 0) is 29.8 Å². The molecular formula is C15H13FN2O. The van der Waals surface area contributed by atoms with E-state index in [1.807, 2.05) is 24.3 Å². The number of hydrogen-bond acceptors (Lipinski definition) is 3. The Morgan fingerprint density at radius 3 is 2.74 bits per heavy atom. The molecule has 4 heteroatoms. The van der Waals surface area contributed by atoms with Crippen LogP contribution in [0.4, 0.5) is 4.39 Å². The van der Waals surface area contributed by atoms with Gasteiger partial charge < -0.3 is 10.5 Å². The van der Waals surface area contributed by atoms with E-state index in [1.165, 1.54) is 6.07 Å². The van der Waals surface area contributed by atoms with Crippen LogP contribution >= 0.6 is 0 Å². The molecule has 0 amide bonds. The zero-order valence-electron chi connectivity index (χ0n) is 10.3. The second kappa shape index (κ2) is 5.98. The van der Waals surface area contributed by atoms with Crippen LogP contribution in [0.1, 0.15) is 16.7 Å². The van der Waals surface area contributed by atoms with Crippen molar-refractivity contribution in [3.8, 4) is 11.8 Å². The highest BCUT2D eigenvalue weighted by Gasteiger charge is 2.04. The number of nitriles is 1. The molecule has 0 unspecified atom stereocenters. The molecule has 96 valence electrons. The first kappa shape index (κ1) is 13.1. The average Bonchev–Trinajstić information content (AvgIpc) is 2.46. The number of ether oxygens (including phenoxy) is 1. The number of hydrogen-bond donors (Lipinski definition) is 1. The number of nitrogens with zero attached hydrogens (tertiary/aromatic N) is 1. The van der Waals surface area contributed by atoms with Crippen LogP contribution < -0.4 is 10.5 Å². The molecule has 2 N–H and O–H groups in total. The van der Waals surface area contributed by atoms with Gasteiger partial charge in [-0.25, -0.2) is 4.39 Å². The Balaban J connectivity index is 2.08. The van der Waals surface area contributed by atoms with Gasteiger partial charge in [0.15, 0.2) is 0 Å². The lowest BCUT2D eigenvalue weighted by Crippen LogP contribution is -2.00. The highest BCUT2D eigenvalue weighted by molar-refractivity contribution is 5.33. The summed E-state index contributed by atoms with van der Waals surface area (Å²) in [5, 5.41) is 8.66. The van der Waals surface area contributed by atoms with Gasteiger partial charge in [-0.3, -0.25) is 0 Å². The van der Waals surface area contributed by atoms with Gasteiger partial charge in [0.2, 0.25) is 0 Å². The first-order chi connectivity index (χ1) is 9.22. The molecule has 0 saturated heterocycles. The topological polar surface area (TPSA) is 59.0 Å². The summed E-state index contributed by atoms with van der Waals surface area (Å²) in [6, 6.07) is 13.6. The van der Waals surface area contributed by atoms with Crippen LogP contribution in [-0.2, 0) is 13.2 Å². The Kier molecular flexibility index (Phi) is 4.11. The van der Waals surface area contributed by atoms with E-state index in [2.05, 4.69) is 0 Å². The van der Waals surface area contributed by atoms with Crippen LogP contribution in [0.15, 0.2) is 42.5 Å². The van der Waals surface area contributed by atoms with Crippen molar-refractivity contribution in [2.24, 2.45) is 5.73 Å². The average molecular weight is 256 g/mol. The van der Waals surface area contributed by atoms with E-state index in [9.17, 15) is 4.39 Å². The maximum atomic E-state index is 13.6. The third-order valence-electron chi connectivity index (χ3n) is 2.71. The van der Waals surface area contributed by atoms with Gasteiger partial charge in [-0.1, -0.05) is 18.2 Å². The summed E-state index contributed by atoms with van der Waals surface area (Å²) in [5.74, 6) is 0.209. The molecule has 19 heavy (non-hydrogen) atoms. The first-order valence-corrected chi connectivity index (χ1v) is 5.83. The Labute approximate surface area is 111 Å². The maximum Gasteiger partial charge on any atom is 0.131 e. The molecule has 3 nitrogen and oxygen atoms in total. The normalized spacial score (nSPS) is 9.95. The van der Waals surface area contributed by atoms with Crippen molar-refractivity contribution < 1.29 is 9.13 Å². The largest absolute Gasteiger partial charge is 0.489 e. The smallest absolute Gasteiger partial charge is 0.131 e. The second-order valence-corrected chi connectivity index (χ2v) is 4.06. The summed E-state index contributed by atoms with van der Waals surface area (Å²) in [4.78, 5) is 0. The Morgan fingerprint density at radius 2 is 2.05 bits per heavy atom. The SMILES string of the molecule is N#Cc1ccc(COc2cccc(CN)c2)c(F)c1. The fourth-order valence-corrected chi connectivity index (χ4v) is 1.66. The van der Waals surface area contributed by atoms with Crippen molar-refractivity contribution in [1.29, 1.82) is 5.26 Å². The molecule has 0 saturated carbocycles. The Bertz CT molecular complexity index is 620. The standard InChI is InChI=1S/C15H13FN2O/c16-15-7-12(9-18)4-5-13(15)10-19-14-3-1-2-11(6-14)8-17/h1-7H,8,10,17H2. The van der Waals surface area contributed by atoms with Gasteiger partial charge in [-0.15, -0.1) is 0 Å². The first-order valence-electron chi connectivity index (χ1n) is 5.83. The molecule has 2 aromatic carbocycles. The molecule has 2 aromatic rings. The fraction of sp³-hybridized carbons (Fsp3) is 0.133. The number of rotatable bonds is 4. The molecule has 2 rings (SSSR count). The van der Waals surface area contributed by atoms with Crippen molar-refractivity contribution in [2.75, 3.05) is 0 Å². The molecule has 0 aliphatic carbocycles. The van der Waals surface area contributed by atoms with E-state index in [4.69, 9.17) is 15.7 Å². The quantitative estimate of drug-likeness (QED) is 0.915. The summed E-state index contributed by atoms with van der Waals surface area (Å²) in [6.07, 6.45) is 0. The zero-order valence-corrected chi connectivity index (χ0v) is 10.3. The van der Waals surface area contributed by atoms with Crippen molar-refractivity contribution in [3.63, 3.8) is 0 Å². The minimum Gasteiger partial charge on any atom is -0.489 e. The van der Waals surface area contributed by atoms with Crippen molar-refractivity contribution in [3.05, 3.63) is 65.0 Å². The zero-order chi connectivity index (χ0) is 13.7. The molecule has 0 bridgehead atoms. The Morgan fingerprint density at radius 1 is 1.21 bits per heavy atom. The maximum absolute atomic E-state index is 13.6. The van der Waals surface area contributed by atoms with E-state index >= 15 is 0 Å². The molecule has 0 aliphatic rings. The van der Waals surface area contributed by atoms with Gasteiger partial charge in [0.05, 0.1) is 11.6 Å². The summed E-state index contributed by atoms with van der Waals surface area (Å²) in [6.45, 7) is 0.550. The molecule has 0 radical (unpaired) electrons. The predicted octanol–water partition coefficient (Wildman–Crippen LogP) is 2.74. The lowest BCUT2D eigenvalue weighted by atomic mass is 10.1. The number of halogens is 1. The van der Waals surface area contributed by atoms with Gasteiger partial charge in [0, 0.05) is 12.1 Å². The molecule has 0 aromatic heterocycles. The van der Waals surface area contributed by atoms with E-state index in [1.54, 1.807) is 18.2 Å². The highest BCUT2D eigenvalue weighted by Crippen LogP contribution is 2.16. The van der Waals surface area contributed by atoms with Crippen LogP contribution in [0.25, 0.3) is 0 Å².